The van der Waals surface area contributed by atoms with Crippen molar-refractivity contribution in [3.63, 3.8) is 0 Å². The van der Waals surface area contributed by atoms with E-state index in [1.165, 1.54) is 10.4 Å². The first kappa shape index (κ1) is 14.2. The molecular formula is C16H22N2S. The smallest absolute Gasteiger partial charge is 0.0897 e. The average Bonchev–Trinajstić information content (AvgIpc) is 2.81. The minimum Gasteiger partial charge on any atom is -0.311 e. The minimum absolute atomic E-state index is 0.565. The molecule has 1 aromatic carbocycles. The van der Waals surface area contributed by atoms with Crippen LogP contribution in [-0.2, 0) is 6.54 Å². The number of aromatic nitrogens is 1. The molecule has 0 aliphatic rings. The van der Waals surface area contributed by atoms with E-state index in [0.717, 1.165) is 18.1 Å². The summed E-state index contributed by atoms with van der Waals surface area (Å²) in [7, 11) is 0. The fourth-order valence-electron chi connectivity index (χ4n) is 2.28. The van der Waals surface area contributed by atoms with Gasteiger partial charge in [-0.3, -0.25) is 0 Å². The Hall–Kier alpha value is -1.19. The van der Waals surface area contributed by atoms with Crippen LogP contribution in [0.4, 0.5) is 0 Å². The number of nitrogens with one attached hydrogen (secondary N) is 1. The highest BCUT2D eigenvalue weighted by atomic mass is 32.1. The lowest BCUT2D eigenvalue weighted by Gasteiger charge is -2.21. The molecule has 102 valence electrons. The van der Waals surface area contributed by atoms with E-state index in [2.05, 4.69) is 61.4 Å². The molecule has 1 unspecified atom stereocenters. The molecule has 0 aliphatic heterocycles. The second-order valence-electron chi connectivity index (χ2n) is 5.24. The third-order valence-corrected chi connectivity index (χ3v) is 4.28. The summed E-state index contributed by atoms with van der Waals surface area (Å²) in [5.74, 6) is 1.20. The lowest BCUT2D eigenvalue weighted by molar-refractivity contribution is 0.462. The van der Waals surface area contributed by atoms with Crippen molar-refractivity contribution in [1.82, 2.24) is 10.3 Å². The van der Waals surface area contributed by atoms with Crippen LogP contribution in [0.25, 0.3) is 0 Å². The Morgan fingerprint density at radius 2 is 1.95 bits per heavy atom. The quantitative estimate of drug-likeness (QED) is 0.862. The second kappa shape index (κ2) is 6.83. The molecule has 0 saturated carbocycles. The van der Waals surface area contributed by atoms with Crippen LogP contribution in [0.3, 0.4) is 0 Å². The first-order valence-electron chi connectivity index (χ1n) is 6.84. The Kier molecular flexibility index (Phi) is 5.11. The molecule has 0 radical (unpaired) electrons. The van der Waals surface area contributed by atoms with Gasteiger partial charge >= 0.3 is 0 Å². The van der Waals surface area contributed by atoms with Crippen LogP contribution < -0.4 is 5.32 Å². The van der Waals surface area contributed by atoms with Crippen molar-refractivity contribution < 1.29 is 0 Å². The van der Waals surface area contributed by atoms with Gasteiger partial charge in [-0.15, -0.1) is 11.3 Å². The number of aryl methyl sites for hydroxylation is 1. The summed E-state index contributed by atoms with van der Waals surface area (Å²) < 4.78 is 0. The maximum absolute atomic E-state index is 4.29. The van der Waals surface area contributed by atoms with E-state index in [4.69, 9.17) is 0 Å². The highest BCUT2D eigenvalue weighted by molar-refractivity contribution is 7.11. The van der Waals surface area contributed by atoms with Crippen molar-refractivity contribution in [2.75, 3.05) is 6.54 Å². The predicted octanol–water partition coefficient (Wildman–Crippen LogP) is 3.98. The van der Waals surface area contributed by atoms with Gasteiger partial charge in [0.2, 0.25) is 0 Å². The van der Waals surface area contributed by atoms with E-state index in [-0.39, 0.29) is 0 Å². The fourth-order valence-corrected chi connectivity index (χ4v) is 3.04. The van der Waals surface area contributed by atoms with Gasteiger partial charge in [-0.05, 0) is 24.3 Å². The summed E-state index contributed by atoms with van der Waals surface area (Å²) in [6.07, 6.45) is 1.97. The summed E-state index contributed by atoms with van der Waals surface area (Å²) in [5, 5.41) is 4.70. The number of hydrogen-bond acceptors (Lipinski definition) is 3. The fraction of sp³-hybridized carbons (Fsp3) is 0.438. The monoisotopic (exact) mass is 274 g/mol. The maximum Gasteiger partial charge on any atom is 0.0897 e. The number of hydrogen-bond donors (Lipinski definition) is 1. The molecule has 0 fully saturated rings. The van der Waals surface area contributed by atoms with Crippen molar-refractivity contribution in [3.05, 3.63) is 52.0 Å². The molecule has 0 bridgehead atoms. The van der Waals surface area contributed by atoms with Crippen LogP contribution >= 0.6 is 11.3 Å². The minimum atomic E-state index is 0.565. The molecule has 0 saturated heterocycles. The third kappa shape index (κ3) is 4.15. The molecule has 0 spiro atoms. The molecule has 1 heterocycles. The first-order valence-corrected chi connectivity index (χ1v) is 7.65. The number of benzene rings is 1. The van der Waals surface area contributed by atoms with Crippen molar-refractivity contribution in [2.24, 2.45) is 5.92 Å². The van der Waals surface area contributed by atoms with Crippen molar-refractivity contribution >= 4 is 11.3 Å². The lowest BCUT2D eigenvalue weighted by Crippen LogP contribution is -2.24. The van der Waals surface area contributed by atoms with E-state index in [0.29, 0.717) is 11.8 Å². The van der Waals surface area contributed by atoms with Crippen LogP contribution in [0.15, 0.2) is 36.5 Å². The van der Waals surface area contributed by atoms with Crippen LogP contribution in [0, 0.1) is 12.8 Å². The van der Waals surface area contributed by atoms with E-state index >= 15 is 0 Å². The highest BCUT2D eigenvalue weighted by Crippen LogP contribution is 2.23. The van der Waals surface area contributed by atoms with Crippen molar-refractivity contribution in [1.29, 1.82) is 0 Å². The number of nitrogens with zero attached hydrogens (tertiary/aromatic N) is 1. The summed E-state index contributed by atoms with van der Waals surface area (Å²) >= 11 is 1.77. The van der Waals surface area contributed by atoms with Gasteiger partial charge in [0.25, 0.3) is 0 Å². The molecule has 19 heavy (non-hydrogen) atoms. The van der Waals surface area contributed by atoms with Gasteiger partial charge in [0, 0.05) is 24.2 Å². The summed E-state index contributed by atoms with van der Waals surface area (Å²) in [4.78, 5) is 5.60. The molecule has 0 aliphatic carbocycles. The van der Waals surface area contributed by atoms with Gasteiger partial charge in [0.1, 0.15) is 0 Å². The summed E-state index contributed by atoms with van der Waals surface area (Å²) in [5.41, 5.74) is 1.42. The second-order valence-corrected chi connectivity index (χ2v) is 6.56. The van der Waals surface area contributed by atoms with Crippen LogP contribution in [-0.4, -0.2) is 11.5 Å². The molecule has 1 N–H and O–H groups in total. The molecule has 2 nitrogen and oxygen atoms in total. The van der Waals surface area contributed by atoms with E-state index < -0.39 is 0 Å². The molecule has 0 amide bonds. The topological polar surface area (TPSA) is 24.9 Å². The van der Waals surface area contributed by atoms with Crippen LogP contribution in [0.1, 0.15) is 35.2 Å². The molecule has 2 rings (SSSR count). The Balaban J connectivity index is 1.91. The highest BCUT2D eigenvalue weighted by Gasteiger charge is 2.15. The summed E-state index contributed by atoms with van der Waals surface area (Å²) in [6, 6.07) is 10.8. The van der Waals surface area contributed by atoms with Gasteiger partial charge in [-0.2, -0.15) is 0 Å². The van der Waals surface area contributed by atoms with E-state index in [1.54, 1.807) is 11.3 Å². The Bertz CT molecular complexity index is 490. The normalized spacial score (nSPS) is 12.8. The number of rotatable bonds is 6. The zero-order chi connectivity index (χ0) is 13.7. The van der Waals surface area contributed by atoms with Gasteiger partial charge in [0.05, 0.1) is 5.01 Å². The molecule has 1 aromatic heterocycles. The van der Waals surface area contributed by atoms with Crippen LogP contribution in [0.5, 0.6) is 0 Å². The van der Waals surface area contributed by atoms with Gasteiger partial charge < -0.3 is 5.32 Å². The van der Waals surface area contributed by atoms with Gasteiger partial charge in [-0.25, -0.2) is 4.98 Å². The SMILES string of the molecule is Cc1ncc(CNCC(c2ccccc2)C(C)C)s1. The Morgan fingerprint density at radius 1 is 1.21 bits per heavy atom. The van der Waals surface area contributed by atoms with Crippen LogP contribution in [0.2, 0.25) is 0 Å². The molecule has 2 aromatic rings. The number of thiazole rings is 1. The molecular weight excluding hydrogens is 252 g/mol. The maximum atomic E-state index is 4.29. The zero-order valence-corrected chi connectivity index (χ0v) is 12.7. The lowest BCUT2D eigenvalue weighted by atomic mass is 9.88. The Morgan fingerprint density at radius 3 is 2.53 bits per heavy atom. The van der Waals surface area contributed by atoms with E-state index in [1.807, 2.05) is 6.20 Å². The standard InChI is InChI=1S/C16H22N2S/c1-12(2)16(14-7-5-4-6-8-14)11-17-9-15-10-18-13(3)19-15/h4-8,10,12,16-17H,9,11H2,1-3H3. The molecule has 1 atom stereocenters. The van der Waals surface area contributed by atoms with Gasteiger partial charge in [0.15, 0.2) is 0 Å². The van der Waals surface area contributed by atoms with Crippen molar-refractivity contribution in [2.45, 2.75) is 33.2 Å². The third-order valence-electron chi connectivity index (χ3n) is 3.37. The zero-order valence-electron chi connectivity index (χ0n) is 11.9. The first-order chi connectivity index (χ1) is 9.16. The van der Waals surface area contributed by atoms with E-state index in [9.17, 15) is 0 Å². The van der Waals surface area contributed by atoms with Gasteiger partial charge in [-0.1, -0.05) is 44.2 Å². The predicted molar refractivity (Wildman–Crippen MR) is 82.6 cm³/mol. The largest absolute Gasteiger partial charge is 0.311 e. The average molecular weight is 274 g/mol. The Labute approximate surface area is 119 Å². The molecule has 3 heteroatoms. The summed E-state index contributed by atoms with van der Waals surface area (Å²) in [6.45, 7) is 8.56. The van der Waals surface area contributed by atoms with Crippen molar-refractivity contribution in [3.8, 4) is 0 Å².